The third kappa shape index (κ3) is 3.82. The van der Waals surface area contributed by atoms with Crippen molar-refractivity contribution in [3.8, 4) is 5.88 Å². The van der Waals surface area contributed by atoms with Gasteiger partial charge in [0.15, 0.2) is 5.82 Å². The molecule has 1 unspecified atom stereocenters. The Kier molecular flexibility index (Phi) is 4.81. The first-order valence-corrected chi connectivity index (χ1v) is 7.36. The quantitative estimate of drug-likeness (QED) is 0.829. The molecule has 0 amide bonds. The maximum absolute atomic E-state index is 5.85. The number of rotatable bonds is 5. The van der Waals surface area contributed by atoms with Crippen LogP contribution in [0.25, 0.3) is 0 Å². The molecule has 1 aliphatic heterocycles. The fraction of sp³-hybridized carbons (Fsp3) is 0.733. The van der Waals surface area contributed by atoms with Gasteiger partial charge in [-0.3, -0.25) is 4.98 Å². The average molecular weight is 279 g/mol. The predicted molar refractivity (Wildman–Crippen MR) is 79.2 cm³/mol. The molecule has 0 spiro atoms. The lowest BCUT2D eigenvalue weighted by Crippen LogP contribution is -2.50. The molecule has 1 aliphatic rings. The summed E-state index contributed by atoms with van der Waals surface area (Å²) in [6.07, 6.45) is 4.45. The maximum Gasteiger partial charge on any atom is 0.234 e. The summed E-state index contributed by atoms with van der Waals surface area (Å²) in [5.41, 5.74) is -0.102. The molecule has 1 fully saturated rings. The van der Waals surface area contributed by atoms with E-state index >= 15 is 0 Å². The smallest absolute Gasteiger partial charge is 0.234 e. The number of aromatic nitrogens is 2. The van der Waals surface area contributed by atoms with E-state index in [4.69, 9.17) is 9.47 Å². The van der Waals surface area contributed by atoms with Crippen LogP contribution in [0.4, 0.5) is 5.82 Å². The number of morpholine rings is 1. The molecule has 0 N–H and O–H groups in total. The summed E-state index contributed by atoms with van der Waals surface area (Å²) in [5.74, 6) is 1.95. The Morgan fingerprint density at radius 2 is 2.25 bits per heavy atom. The number of anilines is 1. The van der Waals surface area contributed by atoms with Gasteiger partial charge in [0.05, 0.1) is 31.2 Å². The Balaban J connectivity index is 2.06. The second-order valence-corrected chi connectivity index (χ2v) is 5.99. The Morgan fingerprint density at radius 1 is 1.45 bits per heavy atom. The Labute approximate surface area is 121 Å². The first-order valence-electron chi connectivity index (χ1n) is 7.36. The molecule has 1 aromatic heterocycles. The van der Waals surface area contributed by atoms with Crippen molar-refractivity contribution in [2.75, 3.05) is 31.2 Å². The van der Waals surface area contributed by atoms with Crippen molar-refractivity contribution in [1.82, 2.24) is 9.97 Å². The van der Waals surface area contributed by atoms with Crippen molar-refractivity contribution in [3.63, 3.8) is 0 Å². The van der Waals surface area contributed by atoms with Crippen molar-refractivity contribution in [2.24, 2.45) is 5.92 Å². The van der Waals surface area contributed by atoms with Gasteiger partial charge in [-0.1, -0.05) is 20.8 Å². The zero-order valence-electron chi connectivity index (χ0n) is 12.9. The number of hydrogen-bond acceptors (Lipinski definition) is 5. The van der Waals surface area contributed by atoms with Gasteiger partial charge in [0.1, 0.15) is 0 Å². The first-order chi connectivity index (χ1) is 9.52. The van der Waals surface area contributed by atoms with E-state index in [0.717, 1.165) is 31.9 Å². The Morgan fingerprint density at radius 3 is 2.95 bits per heavy atom. The lowest BCUT2D eigenvalue weighted by Gasteiger charge is -2.40. The summed E-state index contributed by atoms with van der Waals surface area (Å²) in [6.45, 7) is 11.6. The topological polar surface area (TPSA) is 47.5 Å². The highest BCUT2D eigenvalue weighted by atomic mass is 16.5. The van der Waals surface area contributed by atoms with Gasteiger partial charge in [0.25, 0.3) is 0 Å². The largest absolute Gasteiger partial charge is 0.476 e. The summed E-state index contributed by atoms with van der Waals surface area (Å²) in [5, 5.41) is 0. The van der Waals surface area contributed by atoms with E-state index in [9.17, 15) is 0 Å². The van der Waals surface area contributed by atoms with Gasteiger partial charge >= 0.3 is 0 Å². The van der Waals surface area contributed by atoms with Crippen molar-refractivity contribution in [3.05, 3.63) is 12.4 Å². The second-order valence-electron chi connectivity index (χ2n) is 5.99. The van der Waals surface area contributed by atoms with Crippen LogP contribution in [0.2, 0.25) is 0 Å². The minimum atomic E-state index is -0.102. The predicted octanol–water partition coefficient (Wildman–Crippen LogP) is 2.52. The van der Waals surface area contributed by atoms with Crippen LogP contribution < -0.4 is 9.64 Å². The van der Waals surface area contributed by atoms with Crippen LogP contribution in [0.15, 0.2) is 12.4 Å². The zero-order chi connectivity index (χ0) is 14.6. The first kappa shape index (κ1) is 15.0. The van der Waals surface area contributed by atoms with Gasteiger partial charge in [0.2, 0.25) is 5.88 Å². The van der Waals surface area contributed by atoms with Gasteiger partial charge in [-0.05, 0) is 19.3 Å². The van der Waals surface area contributed by atoms with E-state index in [1.54, 1.807) is 12.4 Å². The van der Waals surface area contributed by atoms with Crippen LogP contribution in [-0.4, -0.2) is 41.9 Å². The fourth-order valence-corrected chi connectivity index (χ4v) is 2.15. The summed E-state index contributed by atoms with van der Waals surface area (Å²) in [6, 6.07) is 0. The molecular weight excluding hydrogens is 254 g/mol. The molecule has 0 aromatic carbocycles. The minimum absolute atomic E-state index is 0.102. The normalized spacial score (nSPS) is 23.1. The molecule has 0 radical (unpaired) electrons. The molecule has 0 aliphatic carbocycles. The summed E-state index contributed by atoms with van der Waals surface area (Å²) >= 11 is 0. The molecule has 0 bridgehead atoms. The number of nitrogens with zero attached hydrogens (tertiary/aromatic N) is 3. The van der Waals surface area contributed by atoms with Crippen LogP contribution in [0.3, 0.4) is 0 Å². The number of ether oxygens (including phenoxy) is 2. The third-order valence-electron chi connectivity index (χ3n) is 3.57. The summed E-state index contributed by atoms with van der Waals surface area (Å²) in [7, 11) is 0. The van der Waals surface area contributed by atoms with Gasteiger partial charge in [-0.15, -0.1) is 0 Å². The van der Waals surface area contributed by atoms with Crippen LogP contribution in [0.5, 0.6) is 5.88 Å². The second kappa shape index (κ2) is 6.39. The highest BCUT2D eigenvalue weighted by molar-refractivity contribution is 5.38. The van der Waals surface area contributed by atoms with Gasteiger partial charge < -0.3 is 14.4 Å². The minimum Gasteiger partial charge on any atom is -0.476 e. The van der Waals surface area contributed by atoms with Crippen LogP contribution in [-0.2, 0) is 4.74 Å². The Bertz CT molecular complexity index is 439. The molecule has 2 heterocycles. The summed E-state index contributed by atoms with van der Waals surface area (Å²) < 4.78 is 11.5. The van der Waals surface area contributed by atoms with E-state index in [1.807, 2.05) is 0 Å². The SMILES string of the molecule is CCC1(C)CN(c2cncc(OCC(C)C)n2)CCO1. The van der Waals surface area contributed by atoms with Crippen molar-refractivity contribution < 1.29 is 9.47 Å². The Hall–Kier alpha value is -1.36. The van der Waals surface area contributed by atoms with Gasteiger partial charge in [0, 0.05) is 13.1 Å². The standard InChI is InChI=1S/C15H25N3O2/c1-5-15(4)11-18(6-7-20-15)13-8-16-9-14(17-13)19-10-12(2)3/h8-9,12H,5-7,10-11H2,1-4H3. The molecular formula is C15H25N3O2. The fourth-order valence-electron chi connectivity index (χ4n) is 2.15. The molecule has 1 atom stereocenters. The molecule has 20 heavy (non-hydrogen) atoms. The van der Waals surface area contributed by atoms with E-state index in [0.29, 0.717) is 18.4 Å². The van der Waals surface area contributed by atoms with Gasteiger partial charge in [-0.25, -0.2) is 0 Å². The molecule has 2 rings (SSSR count). The van der Waals surface area contributed by atoms with Gasteiger partial charge in [-0.2, -0.15) is 4.98 Å². The average Bonchev–Trinajstić information content (AvgIpc) is 2.45. The lowest BCUT2D eigenvalue weighted by atomic mass is 10.0. The molecule has 5 heteroatoms. The maximum atomic E-state index is 5.85. The van der Waals surface area contributed by atoms with Crippen molar-refractivity contribution in [1.29, 1.82) is 0 Å². The van der Waals surface area contributed by atoms with E-state index in [2.05, 4.69) is 42.6 Å². The molecule has 1 saturated heterocycles. The van der Waals surface area contributed by atoms with Crippen molar-refractivity contribution in [2.45, 2.75) is 39.7 Å². The lowest BCUT2D eigenvalue weighted by molar-refractivity contribution is -0.0443. The monoisotopic (exact) mass is 279 g/mol. The zero-order valence-corrected chi connectivity index (χ0v) is 12.9. The van der Waals surface area contributed by atoms with E-state index < -0.39 is 0 Å². The molecule has 0 saturated carbocycles. The molecule has 1 aromatic rings. The molecule has 112 valence electrons. The van der Waals surface area contributed by atoms with Crippen LogP contribution in [0.1, 0.15) is 34.1 Å². The van der Waals surface area contributed by atoms with Crippen LogP contribution in [0, 0.1) is 5.92 Å². The number of hydrogen-bond donors (Lipinski definition) is 0. The third-order valence-corrected chi connectivity index (χ3v) is 3.57. The highest BCUT2D eigenvalue weighted by Gasteiger charge is 2.31. The summed E-state index contributed by atoms with van der Waals surface area (Å²) in [4.78, 5) is 11.0. The highest BCUT2D eigenvalue weighted by Crippen LogP contribution is 2.25. The van der Waals surface area contributed by atoms with Crippen molar-refractivity contribution >= 4 is 5.82 Å². The van der Waals surface area contributed by atoms with E-state index in [-0.39, 0.29) is 5.60 Å². The van der Waals surface area contributed by atoms with E-state index in [1.165, 1.54) is 0 Å². The van der Waals surface area contributed by atoms with Crippen LogP contribution >= 0.6 is 0 Å². The molecule has 5 nitrogen and oxygen atoms in total.